The normalized spacial score (nSPS) is 16.7. The monoisotopic (exact) mass is 412 g/mol. The van der Waals surface area contributed by atoms with Crippen molar-refractivity contribution in [2.75, 3.05) is 11.9 Å². The summed E-state index contributed by atoms with van der Waals surface area (Å²) in [4.78, 5) is 19.0. The summed E-state index contributed by atoms with van der Waals surface area (Å²) in [5.74, 6) is 1.02. The molecule has 1 fully saturated rings. The summed E-state index contributed by atoms with van der Waals surface area (Å²) in [6.07, 6.45) is 1.71. The zero-order valence-electron chi connectivity index (χ0n) is 13.9. The number of amides is 2. The minimum atomic E-state index is -0.202. The lowest BCUT2D eigenvalue weighted by Gasteiger charge is -2.22. The van der Waals surface area contributed by atoms with Gasteiger partial charge in [0.2, 0.25) is 11.7 Å². The van der Waals surface area contributed by atoms with Crippen LogP contribution in [0, 0.1) is 0 Å². The summed E-state index contributed by atoms with van der Waals surface area (Å²) in [5.41, 5.74) is 1.64. The van der Waals surface area contributed by atoms with Crippen LogP contribution in [0.3, 0.4) is 0 Å². The number of likely N-dealkylation sites (tertiary alicyclic amines) is 1. The topological polar surface area (TPSA) is 71.3 Å². The molecule has 1 atom stereocenters. The predicted molar refractivity (Wildman–Crippen MR) is 102 cm³/mol. The van der Waals surface area contributed by atoms with Gasteiger partial charge in [0.1, 0.15) is 6.04 Å². The number of nitrogens with zero attached hydrogens (tertiary/aromatic N) is 3. The van der Waals surface area contributed by atoms with Crippen LogP contribution >= 0.6 is 15.9 Å². The Balaban J connectivity index is 1.51. The van der Waals surface area contributed by atoms with E-state index in [0.29, 0.717) is 18.3 Å². The molecule has 132 valence electrons. The highest BCUT2D eigenvalue weighted by Crippen LogP contribution is 2.32. The number of hydrogen-bond donors (Lipinski definition) is 1. The Bertz CT molecular complexity index is 913. The molecule has 2 amide bonds. The van der Waals surface area contributed by atoms with E-state index in [-0.39, 0.29) is 12.1 Å². The molecule has 1 aromatic heterocycles. The molecule has 1 N–H and O–H groups in total. The van der Waals surface area contributed by atoms with Crippen LogP contribution in [0.25, 0.3) is 11.4 Å². The molecule has 0 radical (unpaired) electrons. The molecule has 0 saturated carbocycles. The van der Waals surface area contributed by atoms with Crippen molar-refractivity contribution in [2.24, 2.45) is 0 Å². The number of hydrogen-bond acceptors (Lipinski definition) is 4. The fraction of sp³-hybridized carbons (Fsp3) is 0.211. The Labute approximate surface area is 159 Å². The van der Waals surface area contributed by atoms with Crippen molar-refractivity contribution in [3.63, 3.8) is 0 Å². The van der Waals surface area contributed by atoms with E-state index in [9.17, 15) is 4.79 Å². The molecule has 6 nitrogen and oxygen atoms in total. The molecule has 3 aromatic rings. The number of anilines is 1. The summed E-state index contributed by atoms with van der Waals surface area (Å²) in [5, 5.41) is 7.00. The van der Waals surface area contributed by atoms with Crippen LogP contribution in [0.4, 0.5) is 10.5 Å². The van der Waals surface area contributed by atoms with Crippen LogP contribution in [-0.2, 0) is 0 Å². The van der Waals surface area contributed by atoms with Crippen molar-refractivity contribution in [3.05, 3.63) is 65.0 Å². The number of nitrogens with one attached hydrogen (secondary N) is 1. The van der Waals surface area contributed by atoms with E-state index in [1.54, 1.807) is 4.90 Å². The first-order valence-corrected chi connectivity index (χ1v) is 9.22. The summed E-state index contributed by atoms with van der Waals surface area (Å²) in [7, 11) is 0. The molecule has 1 aliphatic rings. The zero-order chi connectivity index (χ0) is 17.9. The molecule has 1 unspecified atom stereocenters. The van der Waals surface area contributed by atoms with Gasteiger partial charge in [-0.1, -0.05) is 57.5 Å². The second-order valence-corrected chi connectivity index (χ2v) is 7.03. The maximum atomic E-state index is 12.7. The van der Waals surface area contributed by atoms with Crippen molar-refractivity contribution in [3.8, 4) is 11.4 Å². The average molecular weight is 413 g/mol. The van der Waals surface area contributed by atoms with Gasteiger partial charge in [-0.3, -0.25) is 0 Å². The van der Waals surface area contributed by atoms with Crippen LogP contribution in [0.2, 0.25) is 0 Å². The van der Waals surface area contributed by atoms with Crippen LogP contribution < -0.4 is 5.32 Å². The lowest BCUT2D eigenvalue weighted by molar-refractivity contribution is 0.193. The highest BCUT2D eigenvalue weighted by Gasteiger charge is 2.34. The molecular weight excluding hydrogens is 396 g/mol. The Morgan fingerprint density at radius 2 is 2.04 bits per heavy atom. The number of aromatic nitrogens is 2. The fourth-order valence-corrected chi connectivity index (χ4v) is 3.50. The maximum Gasteiger partial charge on any atom is 0.322 e. The van der Waals surface area contributed by atoms with Crippen LogP contribution in [0.15, 0.2) is 63.6 Å². The highest BCUT2D eigenvalue weighted by atomic mass is 79.9. The summed E-state index contributed by atoms with van der Waals surface area (Å²) in [6.45, 7) is 0.660. The number of carbonyl (C=O) groups excluding carboxylic acids is 1. The third kappa shape index (κ3) is 3.48. The average Bonchev–Trinajstić information content (AvgIpc) is 3.32. The smallest absolute Gasteiger partial charge is 0.322 e. The van der Waals surface area contributed by atoms with Crippen molar-refractivity contribution in [1.82, 2.24) is 15.0 Å². The van der Waals surface area contributed by atoms with E-state index in [1.807, 2.05) is 54.6 Å². The molecule has 0 spiro atoms. The standard InChI is InChI=1S/C19H17BrN4O2/c20-14-8-4-9-15(12-14)21-19(25)24-11-5-10-16(24)18-22-17(23-26-18)13-6-2-1-3-7-13/h1-4,6-9,12,16H,5,10-11H2,(H,21,25). The molecular formula is C19H17BrN4O2. The number of urea groups is 1. The molecule has 26 heavy (non-hydrogen) atoms. The van der Waals surface area contributed by atoms with Gasteiger partial charge in [-0.25, -0.2) is 4.79 Å². The SMILES string of the molecule is O=C(Nc1cccc(Br)c1)N1CCCC1c1nc(-c2ccccc2)no1. The largest absolute Gasteiger partial charge is 0.337 e. The van der Waals surface area contributed by atoms with Crippen LogP contribution in [0.1, 0.15) is 24.8 Å². The van der Waals surface area contributed by atoms with E-state index in [0.717, 1.165) is 28.6 Å². The van der Waals surface area contributed by atoms with E-state index >= 15 is 0 Å². The molecule has 2 heterocycles. The molecule has 1 saturated heterocycles. The van der Waals surface area contributed by atoms with Crippen LogP contribution in [-0.4, -0.2) is 27.6 Å². The van der Waals surface area contributed by atoms with Gasteiger partial charge in [0.15, 0.2) is 0 Å². The Hall–Kier alpha value is -2.67. The lowest BCUT2D eigenvalue weighted by Crippen LogP contribution is -2.34. The van der Waals surface area contributed by atoms with Gasteiger partial charge in [-0.2, -0.15) is 4.98 Å². The highest BCUT2D eigenvalue weighted by molar-refractivity contribution is 9.10. The first-order chi connectivity index (χ1) is 12.7. The van der Waals surface area contributed by atoms with Gasteiger partial charge >= 0.3 is 6.03 Å². The molecule has 0 aliphatic carbocycles. The van der Waals surface area contributed by atoms with E-state index in [1.165, 1.54) is 0 Å². The van der Waals surface area contributed by atoms with Gasteiger partial charge in [-0.15, -0.1) is 0 Å². The van der Waals surface area contributed by atoms with Crippen LogP contribution in [0.5, 0.6) is 0 Å². The first-order valence-electron chi connectivity index (χ1n) is 8.43. The maximum absolute atomic E-state index is 12.7. The molecule has 4 rings (SSSR count). The predicted octanol–water partition coefficient (Wildman–Crippen LogP) is 4.87. The Kier molecular flexibility index (Phi) is 4.71. The van der Waals surface area contributed by atoms with Gasteiger partial charge in [0.25, 0.3) is 0 Å². The molecule has 7 heteroatoms. The third-order valence-corrected chi connectivity index (χ3v) is 4.84. The number of benzene rings is 2. The number of carbonyl (C=O) groups is 1. The second kappa shape index (κ2) is 7.29. The first kappa shape index (κ1) is 16.8. The van der Waals surface area contributed by atoms with E-state index in [2.05, 4.69) is 31.4 Å². The lowest BCUT2D eigenvalue weighted by atomic mass is 10.2. The third-order valence-electron chi connectivity index (χ3n) is 4.35. The fourth-order valence-electron chi connectivity index (χ4n) is 3.10. The quantitative estimate of drug-likeness (QED) is 0.665. The Morgan fingerprint density at radius 1 is 1.19 bits per heavy atom. The van der Waals surface area contributed by atoms with Crippen molar-refractivity contribution < 1.29 is 9.32 Å². The summed E-state index contributed by atoms with van der Waals surface area (Å²) >= 11 is 3.41. The zero-order valence-corrected chi connectivity index (χ0v) is 15.5. The van der Waals surface area contributed by atoms with Crippen molar-refractivity contribution in [1.29, 1.82) is 0 Å². The second-order valence-electron chi connectivity index (χ2n) is 6.11. The van der Waals surface area contributed by atoms with Crippen molar-refractivity contribution in [2.45, 2.75) is 18.9 Å². The number of halogens is 1. The molecule has 1 aliphatic heterocycles. The summed E-state index contributed by atoms with van der Waals surface area (Å²) < 4.78 is 6.38. The Morgan fingerprint density at radius 3 is 2.85 bits per heavy atom. The molecule has 0 bridgehead atoms. The van der Waals surface area contributed by atoms with Crippen molar-refractivity contribution >= 4 is 27.6 Å². The van der Waals surface area contributed by atoms with Gasteiger partial charge < -0.3 is 14.7 Å². The van der Waals surface area contributed by atoms with Gasteiger partial charge in [0.05, 0.1) is 0 Å². The van der Waals surface area contributed by atoms with Gasteiger partial charge in [0, 0.05) is 22.3 Å². The van der Waals surface area contributed by atoms with E-state index in [4.69, 9.17) is 4.52 Å². The van der Waals surface area contributed by atoms with E-state index < -0.39 is 0 Å². The summed E-state index contributed by atoms with van der Waals surface area (Å²) in [6, 6.07) is 16.8. The molecule has 2 aromatic carbocycles. The van der Waals surface area contributed by atoms with Gasteiger partial charge in [-0.05, 0) is 31.0 Å². The number of rotatable bonds is 3. The minimum absolute atomic E-state index is 0.162. The minimum Gasteiger partial charge on any atom is -0.337 e.